The van der Waals surface area contributed by atoms with Crippen molar-refractivity contribution >= 4 is 29.2 Å². The smallest absolute Gasteiger partial charge is 0.410 e. The maximum Gasteiger partial charge on any atom is 0.410 e. The summed E-state index contributed by atoms with van der Waals surface area (Å²) in [6.07, 6.45) is 8.17. The van der Waals surface area contributed by atoms with Gasteiger partial charge in [0.1, 0.15) is 11.9 Å². The summed E-state index contributed by atoms with van der Waals surface area (Å²) in [4.78, 5) is 26.9. The zero-order valence-electron chi connectivity index (χ0n) is 17.9. The Bertz CT molecular complexity index is 1070. The number of rotatable bonds is 4. The monoisotopic (exact) mass is 422 g/mol. The Balaban J connectivity index is 1.37. The standard InChI is InChI=1S/C21H26N8O2/c1-21(2,3)31-20(30)28-10-7-15(8-11-28)12-25-27-18-16-13-26-29(19(16)24-14-23-18)17-6-4-5-9-22-17/h4-6,9,12-15H,7-8,10-11H2,1-3H3,(H,23,24,27)/b25-12+. The van der Waals surface area contributed by atoms with E-state index in [-0.39, 0.29) is 12.0 Å². The molecule has 1 N–H and O–H groups in total. The predicted molar refractivity (Wildman–Crippen MR) is 117 cm³/mol. The number of fused-ring (bicyclic) bond motifs is 1. The molecule has 10 heteroatoms. The number of carbonyl (C=O) groups is 1. The summed E-state index contributed by atoms with van der Waals surface area (Å²) in [5.41, 5.74) is 3.17. The molecule has 31 heavy (non-hydrogen) atoms. The maximum atomic E-state index is 12.2. The first kappa shape index (κ1) is 20.7. The Hall–Kier alpha value is -3.56. The second kappa shape index (κ2) is 8.66. The topological polar surface area (TPSA) is 110 Å². The van der Waals surface area contributed by atoms with Crippen molar-refractivity contribution in [3.63, 3.8) is 0 Å². The number of aromatic nitrogens is 5. The van der Waals surface area contributed by atoms with Crippen molar-refractivity contribution in [3.8, 4) is 5.82 Å². The van der Waals surface area contributed by atoms with Gasteiger partial charge in [-0.1, -0.05) is 6.07 Å². The number of nitrogens with one attached hydrogen (secondary N) is 1. The van der Waals surface area contributed by atoms with Gasteiger partial charge in [-0.2, -0.15) is 14.9 Å². The first-order valence-corrected chi connectivity index (χ1v) is 10.3. The van der Waals surface area contributed by atoms with Crippen LogP contribution in [-0.2, 0) is 4.74 Å². The van der Waals surface area contributed by atoms with E-state index in [9.17, 15) is 4.79 Å². The van der Waals surface area contributed by atoms with Crippen LogP contribution < -0.4 is 5.43 Å². The molecule has 0 saturated carbocycles. The van der Waals surface area contributed by atoms with Crippen LogP contribution in [0.2, 0.25) is 0 Å². The van der Waals surface area contributed by atoms with Crippen molar-refractivity contribution in [2.75, 3.05) is 18.5 Å². The molecular formula is C21H26N8O2. The summed E-state index contributed by atoms with van der Waals surface area (Å²) >= 11 is 0. The average Bonchev–Trinajstić information content (AvgIpc) is 3.19. The molecule has 4 rings (SSSR count). The maximum absolute atomic E-state index is 12.2. The summed E-state index contributed by atoms with van der Waals surface area (Å²) in [5.74, 6) is 1.54. The molecule has 0 atom stereocenters. The summed E-state index contributed by atoms with van der Waals surface area (Å²) in [6.45, 7) is 6.93. The first-order chi connectivity index (χ1) is 14.9. The molecule has 0 aliphatic carbocycles. The normalized spacial score (nSPS) is 15.5. The second-order valence-corrected chi connectivity index (χ2v) is 8.40. The molecule has 0 aromatic carbocycles. The van der Waals surface area contributed by atoms with Gasteiger partial charge in [-0.25, -0.2) is 19.7 Å². The second-order valence-electron chi connectivity index (χ2n) is 8.40. The number of piperidine rings is 1. The molecule has 0 radical (unpaired) electrons. The van der Waals surface area contributed by atoms with Crippen LogP contribution in [-0.4, -0.2) is 60.6 Å². The molecule has 0 bridgehead atoms. The minimum Gasteiger partial charge on any atom is -0.444 e. The molecule has 10 nitrogen and oxygen atoms in total. The van der Waals surface area contributed by atoms with Crippen LogP contribution in [0.5, 0.6) is 0 Å². The molecule has 1 amide bonds. The van der Waals surface area contributed by atoms with Gasteiger partial charge in [0.05, 0.1) is 11.6 Å². The average molecular weight is 422 g/mol. The van der Waals surface area contributed by atoms with E-state index in [4.69, 9.17) is 4.74 Å². The van der Waals surface area contributed by atoms with E-state index in [1.54, 1.807) is 22.0 Å². The van der Waals surface area contributed by atoms with E-state index in [0.29, 0.717) is 30.4 Å². The summed E-state index contributed by atoms with van der Waals surface area (Å²) < 4.78 is 7.11. The summed E-state index contributed by atoms with van der Waals surface area (Å²) in [6, 6.07) is 5.61. The highest BCUT2D eigenvalue weighted by molar-refractivity contribution is 5.87. The van der Waals surface area contributed by atoms with Gasteiger partial charge in [0.25, 0.3) is 0 Å². The SMILES string of the molecule is CC(C)(C)OC(=O)N1CCC(/C=N/Nc2ncnc3c2cnn3-c2ccccn2)CC1. The van der Waals surface area contributed by atoms with Crippen molar-refractivity contribution in [1.82, 2.24) is 29.6 Å². The number of ether oxygens (including phenoxy) is 1. The zero-order chi connectivity index (χ0) is 21.8. The highest BCUT2D eigenvalue weighted by Gasteiger charge is 2.26. The lowest BCUT2D eigenvalue weighted by molar-refractivity contribution is 0.0203. The Morgan fingerprint density at radius 3 is 2.74 bits per heavy atom. The van der Waals surface area contributed by atoms with Crippen LogP contribution in [0.1, 0.15) is 33.6 Å². The van der Waals surface area contributed by atoms with Crippen molar-refractivity contribution in [3.05, 3.63) is 36.9 Å². The molecule has 0 spiro atoms. The van der Waals surface area contributed by atoms with Gasteiger partial charge in [-0.15, -0.1) is 0 Å². The fraction of sp³-hybridized carbons (Fsp3) is 0.429. The van der Waals surface area contributed by atoms with Crippen molar-refractivity contribution in [2.45, 2.75) is 39.2 Å². The third-order valence-corrected chi connectivity index (χ3v) is 4.88. The third-order valence-electron chi connectivity index (χ3n) is 4.88. The van der Waals surface area contributed by atoms with Gasteiger partial charge >= 0.3 is 6.09 Å². The fourth-order valence-corrected chi connectivity index (χ4v) is 3.34. The van der Waals surface area contributed by atoms with Crippen molar-refractivity contribution in [1.29, 1.82) is 0 Å². The quantitative estimate of drug-likeness (QED) is 0.507. The number of amides is 1. The molecular weight excluding hydrogens is 396 g/mol. The molecule has 3 aromatic rings. The van der Waals surface area contributed by atoms with Gasteiger partial charge in [-0.05, 0) is 51.7 Å². The van der Waals surface area contributed by atoms with E-state index < -0.39 is 5.60 Å². The van der Waals surface area contributed by atoms with Crippen LogP contribution in [0.15, 0.2) is 42.0 Å². The van der Waals surface area contributed by atoms with E-state index in [1.165, 1.54) is 6.33 Å². The van der Waals surface area contributed by atoms with Gasteiger partial charge < -0.3 is 9.64 Å². The largest absolute Gasteiger partial charge is 0.444 e. The van der Waals surface area contributed by atoms with Crippen LogP contribution in [0.4, 0.5) is 10.6 Å². The highest BCUT2D eigenvalue weighted by atomic mass is 16.6. The summed E-state index contributed by atoms with van der Waals surface area (Å²) in [7, 11) is 0. The molecule has 162 valence electrons. The van der Waals surface area contributed by atoms with Gasteiger partial charge in [0.2, 0.25) is 0 Å². The number of anilines is 1. The highest BCUT2D eigenvalue weighted by Crippen LogP contribution is 2.21. The molecule has 4 heterocycles. The minimum atomic E-state index is -0.480. The van der Waals surface area contributed by atoms with E-state index in [0.717, 1.165) is 18.2 Å². The van der Waals surface area contributed by atoms with Crippen LogP contribution in [0.25, 0.3) is 16.9 Å². The number of pyridine rings is 1. The van der Waals surface area contributed by atoms with E-state index >= 15 is 0 Å². The molecule has 1 fully saturated rings. The van der Waals surface area contributed by atoms with E-state index in [2.05, 4.69) is 30.6 Å². The lowest BCUT2D eigenvalue weighted by Crippen LogP contribution is -2.42. The lowest BCUT2D eigenvalue weighted by atomic mass is 9.99. The lowest BCUT2D eigenvalue weighted by Gasteiger charge is -2.32. The zero-order valence-corrected chi connectivity index (χ0v) is 17.9. The predicted octanol–water partition coefficient (Wildman–Crippen LogP) is 3.26. The van der Waals surface area contributed by atoms with Crippen LogP contribution in [0, 0.1) is 5.92 Å². The Kier molecular flexibility index (Phi) is 5.79. The molecule has 0 unspecified atom stereocenters. The minimum absolute atomic E-state index is 0.255. The molecule has 1 aliphatic heterocycles. The number of hydrazone groups is 1. The number of nitrogens with zero attached hydrogens (tertiary/aromatic N) is 7. The first-order valence-electron chi connectivity index (χ1n) is 10.3. The van der Waals surface area contributed by atoms with E-state index in [1.807, 2.05) is 45.2 Å². The van der Waals surface area contributed by atoms with Gasteiger partial charge in [0.15, 0.2) is 17.3 Å². The fourth-order valence-electron chi connectivity index (χ4n) is 3.34. The molecule has 1 saturated heterocycles. The number of hydrogen-bond acceptors (Lipinski definition) is 8. The Morgan fingerprint density at radius 2 is 2.03 bits per heavy atom. The van der Waals surface area contributed by atoms with Gasteiger partial charge in [0, 0.05) is 25.5 Å². The van der Waals surface area contributed by atoms with Gasteiger partial charge in [-0.3, -0.25) is 5.43 Å². The van der Waals surface area contributed by atoms with Crippen LogP contribution in [0.3, 0.4) is 0 Å². The van der Waals surface area contributed by atoms with Crippen molar-refractivity contribution in [2.24, 2.45) is 11.0 Å². The van der Waals surface area contributed by atoms with Crippen molar-refractivity contribution < 1.29 is 9.53 Å². The Labute approximate surface area is 180 Å². The number of likely N-dealkylation sites (tertiary alicyclic amines) is 1. The molecule has 3 aromatic heterocycles. The third kappa shape index (κ3) is 4.96. The number of hydrogen-bond donors (Lipinski definition) is 1. The number of carbonyl (C=O) groups excluding carboxylic acids is 1. The molecule has 1 aliphatic rings. The summed E-state index contributed by atoms with van der Waals surface area (Å²) in [5, 5.41) is 9.51. The Morgan fingerprint density at radius 1 is 1.23 bits per heavy atom. The van der Waals surface area contributed by atoms with Crippen LogP contribution >= 0.6 is 0 Å².